The Morgan fingerprint density at radius 2 is 1.94 bits per heavy atom. The fraction of sp³-hybridized carbons (Fsp3) is 0.478. The van der Waals surface area contributed by atoms with Gasteiger partial charge in [0.25, 0.3) is 5.92 Å². The van der Waals surface area contributed by atoms with Crippen LogP contribution < -0.4 is 14.5 Å². The van der Waals surface area contributed by atoms with E-state index in [2.05, 4.69) is 4.98 Å². The number of nitrogens with zero attached hydrogens (tertiary/aromatic N) is 3. The molecule has 2 aliphatic heterocycles. The number of aromatic nitrogens is 1. The molecule has 8 heteroatoms. The van der Waals surface area contributed by atoms with Gasteiger partial charge >= 0.3 is 0 Å². The summed E-state index contributed by atoms with van der Waals surface area (Å²) in [7, 11) is 0. The molecule has 0 radical (unpaired) electrons. The van der Waals surface area contributed by atoms with Crippen LogP contribution in [0.4, 0.5) is 24.7 Å². The normalized spacial score (nSPS) is 21.0. The van der Waals surface area contributed by atoms with Crippen molar-refractivity contribution < 1.29 is 22.7 Å². The molecule has 2 aromatic rings. The van der Waals surface area contributed by atoms with Crippen molar-refractivity contribution in [3.63, 3.8) is 0 Å². The molecule has 0 spiro atoms. The minimum absolute atomic E-state index is 0.0249. The number of hydrogen-bond donors (Lipinski definition) is 0. The maximum Gasteiger partial charge on any atom is 0.282 e. The Bertz CT molecular complexity index is 944. The lowest BCUT2D eigenvalue weighted by atomic mass is 9.96. The van der Waals surface area contributed by atoms with E-state index in [0.717, 1.165) is 17.7 Å². The lowest BCUT2D eigenvalue weighted by Crippen LogP contribution is -2.57. The van der Waals surface area contributed by atoms with Gasteiger partial charge in [0.1, 0.15) is 17.6 Å². The zero-order chi connectivity index (χ0) is 22.2. The lowest BCUT2D eigenvalue weighted by Gasteiger charge is -2.39. The highest BCUT2D eigenvalue weighted by atomic mass is 19.3. The molecule has 2 fully saturated rings. The summed E-state index contributed by atoms with van der Waals surface area (Å²) in [4.78, 5) is 18.4. The summed E-state index contributed by atoms with van der Waals surface area (Å²) in [6, 6.07) is 9.29. The summed E-state index contributed by atoms with van der Waals surface area (Å²) < 4.78 is 47.3. The van der Waals surface area contributed by atoms with E-state index in [4.69, 9.17) is 4.74 Å². The zero-order valence-electron chi connectivity index (χ0n) is 17.7. The molecule has 2 saturated heterocycles. The highest BCUT2D eigenvalue weighted by Crippen LogP contribution is 2.36. The number of ether oxygens (including phenoxy) is 1. The van der Waals surface area contributed by atoms with Gasteiger partial charge < -0.3 is 19.3 Å². The Kier molecular flexibility index (Phi) is 5.81. The zero-order valence-corrected chi connectivity index (χ0v) is 17.7. The molecule has 3 heterocycles. The van der Waals surface area contributed by atoms with E-state index in [9.17, 15) is 18.0 Å². The van der Waals surface area contributed by atoms with Crippen LogP contribution in [0.2, 0.25) is 0 Å². The van der Waals surface area contributed by atoms with Gasteiger partial charge in [0.05, 0.1) is 25.3 Å². The second-order valence-corrected chi connectivity index (χ2v) is 8.53. The number of carbonyl (C=O) groups excluding carboxylic acids is 1. The van der Waals surface area contributed by atoms with Crippen molar-refractivity contribution in [3.05, 3.63) is 47.9 Å². The summed E-state index contributed by atoms with van der Waals surface area (Å²) in [6.07, 6.45) is 2.58. The molecular weight excluding hydrogens is 407 g/mol. The van der Waals surface area contributed by atoms with Gasteiger partial charge in [0.15, 0.2) is 11.6 Å². The number of ketones is 1. The third-order valence-corrected chi connectivity index (χ3v) is 5.83. The topological polar surface area (TPSA) is 45.7 Å². The molecule has 2 aliphatic rings. The highest BCUT2D eigenvalue weighted by molar-refractivity contribution is 5.76. The fourth-order valence-corrected chi connectivity index (χ4v) is 4.21. The number of halogens is 3. The van der Waals surface area contributed by atoms with Gasteiger partial charge in [0.2, 0.25) is 0 Å². The van der Waals surface area contributed by atoms with Crippen molar-refractivity contribution in [2.24, 2.45) is 0 Å². The number of alkyl halides is 2. The average molecular weight is 433 g/mol. The van der Waals surface area contributed by atoms with Gasteiger partial charge in [-0.3, -0.25) is 0 Å². The Morgan fingerprint density at radius 3 is 2.58 bits per heavy atom. The predicted molar refractivity (Wildman–Crippen MR) is 113 cm³/mol. The summed E-state index contributed by atoms with van der Waals surface area (Å²) in [5.74, 6) is -2.33. The van der Waals surface area contributed by atoms with E-state index >= 15 is 0 Å². The highest BCUT2D eigenvalue weighted by Gasteiger charge is 2.45. The number of hydrogen-bond acceptors (Lipinski definition) is 5. The lowest BCUT2D eigenvalue weighted by molar-refractivity contribution is -0.117. The van der Waals surface area contributed by atoms with Gasteiger partial charge in [0, 0.05) is 25.6 Å². The minimum atomic E-state index is -2.78. The van der Waals surface area contributed by atoms with Crippen molar-refractivity contribution in [3.8, 4) is 5.75 Å². The standard InChI is InChI=1S/C23H26F3N3O2/c1-15(11-16(2)30)17-3-5-18(6-4-17)31-19-8-10-28(12-19)20-7-9-27-22(21(20)24)29-13-23(25,26)14-29/h3-7,9,15,19H,8,10-14H2,1-2H3/t15-,19-/m1/s1. The van der Waals surface area contributed by atoms with E-state index in [1.54, 1.807) is 13.0 Å². The molecule has 4 rings (SSSR count). The molecule has 0 aliphatic carbocycles. The molecule has 1 aromatic heterocycles. The smallest absolute Gasteiger partial charge is 0.282 e. The van der Waals surface area contributed by atoms with Crippen molar-refractivity contribution in [2.75, 3.05) is 36.0 Å². The quantitative estimate of drug-likeness (QED) is 0.647. The van der Waals surface area contributed by atoms with E-state index in [1.165, 1.54) is 11.1 Å². The number of benzene rings is 1. The number of pyridine rings is 1. The van der Waals surface area contributed by atoms with Crippen LogP contribution in [0.1, 0.15) is 38.2 Å². The van der Waals surface area contributed by atoms with Gasteiger partial charge in [-0.25, -0.2) is 18.2 Å². The SMILES string of the molecule is CC(=O)C[C@@H](C)c1ccc(O[C@@H]2CCN(c3ccnc(N4CC(F)(F)C4)c3F)C2)cc1. The van der Waals surface area contributed by atoms with Crippen LogP contribution in [0.15, 0.2) is 36.5 Å². The van der Waals surface area contributed by atoms with Gasteiger partial charge in [-0.2, -0.15) is 0 Å². The van der Waals surface area contributed by atoms with E-state index in [1.807, 2.05) is 36.1 Å². The Balaban J connectivity index is 1.37. The summed E-state index contributed by atoms with van der Waals surface area (Å²) in [5.41, 5.74) is 1.44. The molecule has 1 aromatic carbocycles. The van der Waals surface area contributed by atoms with Crippen molar-refractivity contribution >= 4 is 17.3 Å². The first-order valence-corrected chi connectivity index (χ1v) is 10.5. The van der Waals surface area contributed by atoms with Crippen LogP contribution in [0.3, 0.4) is 0 Å². The Labute approximate surface area is 179 Å². The first-order valence-electron chi connectivity index (χ1n) is 10.5. The van der Waals surface area contributed by atoms with Crippen molar-refractivity contribution in [1.82, 2.24) is 4.98 Å². The predicted octanol–water partition coefficient (Wildman–Crippen LogP) is 4.42. The number of rotatable bonds is 7. The summed E-state index contributed by atoms with van der Waals surface area (Å²) in [5, 5.41) is 0. The van der Waals surface area contributed by atoms with Crippen LogP contribution in [0, 0.1) is 5.82 Å². The monoisotopic (exact) mass is 433 g/mol. The van der Waals surface area contributed by atoms with Gasteiger partial charge in [-0.05, 0) is 36.6 Å². The van der Waals surface area contributed by atoms with Crippen molar-refractivity contribution in [2.45, 2.75) is 44.6 Å². The maximum absolute atomic E-state index is 15.0. The van der Waals surface area contributed by atoms with E-state index in [-0.39, 0.29) is 23.6 Å². The first-order chi connectivity index (χ1) is 14.7. The molecule has 5 nitrogen and oxygen atoms in total. The van der Waals surface area contributed by atoms with Crippen LogP contribution in [-0.2, 0) is 4.79 Å². The van der Waals surface area contributed by atoms with Crippen molar-refractivity contribution in [1.29, 1.82) is 0 Å². The number of Topliss-reactive ketones (excluding diaryl/α,β-unsaturated/α-hetero) is 1. The summed E-state index contributed by atoms with van der Waals surface area (Å²) >= 11 is 0. The van der Waals surface area contributed by atoms with Crippen LogP contribution in [-0.4, -0.2) is 49.0 Å². The summed E-state index contributed by atoms with van der Waals surface area (Å²) in [6.45, 7) is 3.70. The number of anilines is 2. The third-order valence-electron chi connectivity index (χ3n) is 5.83. The van der Waals surface area contributed by atoms with Gasteiger partial charge in [-0.15, -0.1) is 0 Å². The van der Waals surface area contributed by atoms with E-state index < -0.39 is 24.8 Å². The average Bonchev–Trinajstić information content (AvgIpc) is 3.14. The minimum Gasteiger partial charge on any atom is -0.489 e. The molecule has 2 atom stereocenters. The molecule has 0 bridgehead atoms. The molecular formula is C23H26F3N3O2. The first kappa shape index (κ1) is 21.5. The molecule has 31 heavy (non-hydrogen) atoms. The third kappa shape index (κ3) is 4.78. The molecule has 0 unspecified atom stereocenters. The number of carbonyl (C=O) groups is 1. The molecule has 166 valence electrons. The van der Waals surface area contributed by atoms with Gasteiger partial charge in [-0.1, -0.05) is 19.1 Å². The second kappa shape index (κ2) is 8.40. The van der Waals surface area contributed by atoms with Crippen LogP contribution in [0.5, 0.6) is 5.75 Å². The maximum atomic E-state index is 15.0. The molecule has 0 N–H and O–H groups in total. The Hall–Kier alpha value is -2.77. The Morgan fingerprint density at radius 1 is 1.23 bits per heavy atom. The fourth-order valence-electron chi connectivity index (χ4n) is 4.21. The largest absolute Gasteiger partial charge is 0.489 e. The van der Waals surface area contributed by atoms with Crippen LogP contribution in [0.25, 0.3) is 0 Å². The second-order valence-electron chi connectivity index (χ2n) is 8.53. The molecule has 0 saturated carbocycles. The molecule has 0 amide bonds. The van der Waals surface area contributed by atoms with Crippen LogP contribution >= 0.6 is 0 Å². The van der Waals surface area contributed by atoms with E-state index in [0.29, 0.717) is 25.2 Å².